The van der Waals surface area contributed by atoms with Crippen LogP contribution in [0.15, 0.2) is 293 Å². The maximum Gasteiger partial charge on any atom is 0.159 e. The molecule has 738 valence electrons. The summed E-state index contributed by atoms with van der Waals surface area (Å²) in [6.07, 6.45) is 34.0. The molecule has 0 saturated carbocycles. The molecular formula is C115H104F4N28O. The largest absolute Gasteiger partial charge is 0.393 e. The normalized spacial score (nSPS) is 13.1. The number of aliphatic hydroxyl groups is 1. The number of H-pyrrole nitrogens is 8. The number of aliphatic hydroxyl groups excluding tert-OH is 1. The lowest BCUT2D eigenvalue weighted by Gasteiger charge is -2.33. The van der Waals surface area contributed by atoms with Gasteiger partial charge in [-0.05, 0) is 204 Å². The fourth-order valence-electron chi connectivity index (χ4n) is 19.1. The van der Waals surface area contributed by atoms with E-state index < -0.39 is 0 Å². The third-order valence-electron chi connectivity index (χ3n) is 26.7. The minimum absolute atomic E-state index is 0. The van der Waals surface area contributed by atoms with Crippen molar-refractivity contribution >= 4 is 105 Å². The van der Waals surface area contributed by atoms with Crippen LogP contribution in [-0.4, -0.2) is 190 Å². The number of fused-ring (bicyclic) bond motifs is 8. The first-order chi connectivity index (χ1) is 70.6. The second-order valence-corrected chi connectivity index (χ2v) is 36.4. The molecule has 29 nitrogen and oxygen atoms in total. The molecule has 0 radical (unpaired) electrons. The van der Waals surface area contributed by atoms with Crippen molar-refractivity contribution < 1.29 is 22.7 Å². The van der Waals surface area contributed by atoms with Crippen molar-refractivity contribution in [2.75, 3.05) is 68.1 Å². The number of pyridine rings is 8. The molecule has 24 aromatic rings. The predicted octanol–water partition coefficient (Wildman–Crippen LogP) is 24.9. The van der Waals surface area contributed by atoms with Crippen molar-refractivity contribution in [2.24, 2.45) is 0 Å². The number of imidazole rings is 4. The van der Waals surface area contributed by atoms with Gasteiger partial charge < -0.3 is 39.7 Å². The fraction of sp³-hybridized carbons (Fsp3) is 0.165. The van der Waals surface area contributed by atoms with Crippen LogP contribution in [0, 0.1) is 23.3 Å². The summed E-state index contributed by atoms with van der Waals surface area (Å²) in [5.74, 6) is 1.28. The smallest absolute Gasteiger partial charge is 0.159 e. The van der Waals surface area contributed by atoms with Gasteiger partial charge in [0.1, 0.15) is 46.0 Å². The Bertz CT molecular complexity index is 8970. The molecule has 0 amide bonds. The molecule has 9 N–H and O–H groups in total. The van der Waals surface area contributed by atoms with E-state index in [1.54, 1.807) is 73.8 Å². The summed E-state index contributed by atoms with van der Waals surface area (Å²) >= 11 is 0. The fourth-order valence-corrected chi connectivity index (χ4v) is 19.1. The molecule has 19 heterocycles. The topological polar surface area (TPSA) is 366 Å². The molecule has 0 spiro atoms. The molecule has 0 bridgehead atoms. The molecular weight excluding hydrogens is 1870 g/mol. The molecule has 0 atom stereocenters. The van der Waals surface area contributed by atoms with Gasteiger partial charge in [0, 0.05) is 182 Å². The lowest BCUT2D eigenvalue weighted by atomic mass is 10.0. The Morgan fingerprint density at radius 1 is 0.297 bits per heavy atom. The number of aromatic nitrogens is 24. The van der Waals surface area contributed by atoms with Crippen LogP contribution in [0.1, 0.15) is 67.4 Å². The average Bonchev–Trinajstić information content (AvgIpc) is 1.62. The molecule has 16 aromatic heterocycles. The van der Waals surface area contributed by atoms with Gasteiger partial charge in [-0.15, -0.1) is 0 Å². The lowest BCUT2D eigenvalue weighted by Crippen LogP contribution is -2.36. The van der Waals surface area contributed by atoms with E-state index >= 15 is 0 Å². The summed E-state index contributed by atoms with van der Waals surface area (Å²) < 4.78 is 55.5. The Morgan fingerprint density at radius 2 is 0.601 bits per heavy atom. The first-order valence-electron chi connectivity index (χ1n) is 47.3. The highest BCUT2D eigenvalue weighted by molar-refractivity contribution is 6.04. The van der Waals surface area contributed by atoms with Gasteiger partial charge in [0.05, 0.1) is 133 Å². The number of anilines is 3. The number of nitrogens with zero attached hydrogens (tertiary/aromatic N) is 20. The van der Waals surface area contributed by atoms with Gasteiger partial charge in [0.25, 0.3) is 0 Å². The maximum atomic E-state index is 13.9. The Hall–Kier alpha value is -18.2. The standard InChI is InChI=1S/C30H26FN7O.C28H22FN7.C27H20FN7.C26H20FN7.4CH4/c31-22-3-1-2-20(11-22)25-15-33-16-27-28(25)35-30(34-27)29-24-12-19(4-5-26(24)36-37-29)21-10-18(13-32-14-21)17-38-8-6-23(39)7-9-38;29-20-5-3-4-18(10-20)23-15-31-16-25-26(23)33-28(32-25)27-22-12-17(6-7-24(22)34-35-27)19-11-21(14-30-13-19)36-8-1-2-9-36;28-19-4-1-3-17(9-19)22-14-30-15-24-25(22)32-27(31-24)26-21-11-16(5-6-23(21)33-34-26)18-10-20(13-29-12-18)35-7-2-8-35;1-34(2)19-9-17(11-28-12-19)15-6-7-22-20(10-15)25(33-32-22)26-30-23-14-29-13-21(24(23)31-26)16-4-3-5-18(27)8-16;;;;/h1-5,10-16,23,39H,6-9,17H2,(H,34,35)(H,36,37);3-7,10-16H,1-2,8-9H2,(H,32,33)(H,34,35);1,3-6,9-15H,2,7-8H2,(H,31,32)(H,33,34);3-14H,1-2H3,(H,30,31)(H,32,33);4*1H4. The zero-order valence-electron chi connectivity index (χ0n) is 77.7. The van der Waals surface area contributed by atoms with Gasteiger partial charge in [-0.25, -0.2) is 37.5 Å². The number of piperidine rings is 1. The second kappa shape index (κ2) is 41.6. The Morgan fingerprint density at radius 3 is 0.919 bits per heavy atom. The number of benzene rings is 8. The number of aromatic amines is 8. The van der Waals surface area contributed by atoms with Gasteiger partial charge in [-0.3, -0.25) is 65.2 Å². The Labute approximate surface area is 847 Å². The third kappa shape index (κ3) is 19.5. The van der Waals surface area contributed by atoms with Crippen LogP contribution in [-0.2, 0) is 6.54 Å². The van der Waals surface area contributed by atoms with Gasteiger partial charge in [0.15, 0.2) is 23.3 Å². The van der Waals surface area contributed by atoms with Crippen molar-refractivity contribution in [3.05, 3.63) is 322 Å². The highest BCUT2D eigenvalue weighted by atomic mass is 19.1. The predicted molar refractivity (Wildman–Crippen MR) is 580 cm³/mol. The second-order valence-electron chi connectivity index (χ2n) is 36.4. The van der Waals surface area contributed by atoms with Crippen LogP contribution in [0.25, 0.3) is 223 Å². The minimum atomic E-state index is -0.306. The van der Waals surface area contributed by atoms with E-state index in [2.05, 4.69) is 182 Å². The number of rotatable bonds is 17. The first kappa shape index (κ1) is 97.2. The van der Waals surface area contributed by atoms with Crippen LogP contribution in [0.5, 0.6) is 0 Å². The van der Waals surface area contributed by atoms with E-state index in [9.17, 15) is 22.7 Å². The molecule has 27 rings (SSSR count). The molecule has 8 aromatic carbocycles. The molecule has 148 heavy (non-hydrogen) atoms. The van der Waals surface area contributed by atoms with Crippen molar-refractivity contribution in [1.29, 1.82) is 0 Å². The van der Waals surface area contributed by atoms with E-state index in [0.29, 0.717) is 51.3 Å². The monoisotopic (exact) mass is 1970 g/mol. The first-order valence-corrected chi connectivity index (χ1v) is 47.3. The Kier molecular flexibility index (Phi) is 27.3. The van der Waals surface area contributed by atoms with Crippen LogP contribution in [0.2, 0.25) is 0 Å². The summed E-state index contributed by atoms with van der Waals surface area (Å²) in [6.45, 7) is 6.91. The molecule has 0 unspecified atom stereocenters. The summed E-state index contributed by atoms with van der Waals surface area (Å²) in [5, 5.41) is 44.3. The molecule has 3 aliphatic heterocycles. The van der Waals surface area contributed by atoms with Crippen molar-refractivity contribution in [3.8, 4) is 135 Å². The summed E-state index contributed by atoms with van der Waals surface area (Å²) in [7, 11) is 3.99. The van der Waals surface area contributed by atoms with Crippen LogP contribution >= 0.6 is 0 Å². The third-order valence-corrected chi connectivity index (χ3v) is 26.7. The van der Waals surface area contributed by atoms with E-state index in [-0.39, 0.29) is 59.1 Å². The van der Waals surface area contributed by atoms with E-state index in [0.717, 1.165) is 253 Å². The van der Waals surface area contributed by atoms with Crippen molar-refractivity contribution in [3.63, 3.8) is 0 Å². The Balaban J connectivity index is 0.000000119. The van der Waals surface area contributed by atoms with Crippen molar-refractivity contribution in [1.82, 2.24) is 125 Å². The minimum Gasteiger partial charge on any atom is -0.393 e. The highest BCUT2D eigenvalue weighted by Gasteiger charge is 2.27. The zero-order valence-corrected chi connectivity index (χ0v) is 77.7. The molecule has 3 fully saturated rings. The number of likely N-dealkylation sites (tertiary alicyclic amines) is 1. The molecule has 0 aliphatic carbocycles. The number of hydrogen-bond donors (Lipinski definition) is 9. The summed E-state index contributed by atoms with van der Waals surface area (Å²) in [5.41, 5.74) is 31.1. The van der Waals surface area contributed by atoms with Gasteiger partial charge in [-0.2, -0.15) is 20.4 Å². The highest BCUT2D eigenvalue weighted by Crippen LogP contribution is 2.42. The number of hydrogen-bond acceptors (Lipinski definition) is 21. The molecule has 3 saturated heterocycles. The number of nitrogens with one attached hydrogen (secondary N) is 8. The van der Waals surface area contributed by atoms with Gasteiger partial charge in [-0.1, -0.05) is 103 Å². The van der Waals surface area contributed by atoms with E-state index in [1.165, 1.54) is 67.8 Å². The van der Waals surface area contributed by atoms with Crippen molar-refractivity contribution in [2.45, 2.75) is 74.5 Å². The summed E-state index contributed by atoms with van der Waals surface area (Å²) in [6, 6.07) is 59.2. The van der Waals surface area contributed by atoms with Gasteiger partial charge in [0.2, 0.25) is 0 Å². The quantitative estimate of drug-likeness (QED) is 0.0382. The van der Waals surface area contributed by atoms with Crippen LogP contribution < -0.4 is 14.7 Å². The van der Waals surface area contributed by atoms with Crippen LogP contribution in [0.4, 0.5) is 34.6 Å². The van der Waals surface area contributed by atoms with E-state index in [4.69, 9.17) is 19.9 Å². The van der Waals surface area contributed by atoms with Gasteiger partial charge >= 0.3 is 0 Å². The van der Waals surface area contributed by atoms with Crippen LogP contribution in [0.3, 0.4) is 0 Å². The zero-order chi connectivity index (χ0) is 97.0. The average molecular weight is 1970 g/mol. The molecule has 33 heteroatoms. The van der Waals surface area contributed by atoms with E-state index in [1.807, 2.05) is 123 Å². The summed E-state index contributed by atoms with van der Waals surface area (Å²) in [4.78, 5) is 77.1. The SMILES string of the molecule is C.C.C.C.CN(C)c1cncc(-c2ccc3[nH]nc(-c4nc5c(-c6cccc(F)c6)cncc5[nH]4)c3c2)c1.Fc1cccc(-c2cncc3[nH]c(-c4n[nH]c5ccc(-c6cncc(N7CCC7)c6)cc45)nc23)c1.Fc1cccc(-c2cncc3[nH]c(-c4n[nH]c5ccc(-c6cncc(N7CCCC7)c6)cc45)nc23)c1.OC1CCN(Cc2cncc(-c3ccc4[nH]nc(-c5nc6c(-c7cccc(F)c7)cncc6[nH]5)c4c3)c2)CC1. The number of halogens is 4. The molecule has 3 aliphatic rings. The maximum absolute atomic E-state index is 13.9. The lowest BCUT2D eigenvalue weighted by molar-refractivity contribution is 0.0792.